The zero-order valence-corrected chi connectivity index (χ0v) is 9.82. The molecule has 0 rings (SSSR count). The average molecular weight is 166 g/mol. The molecule has 0 unspecified atom stereocenters. The van der Waals surface area contributed by atoms with Crippen molar-refractivity contribution in [2.45, 2.75) is 0 Å². The molecule has 0 aliphatic carbocycles. The van der Waals surface area contributed by atoms with Gasteiger partial charge < -0.3 is 24.7 Å². The number of hydrogen-bond donors (Lipinski definition) is 4. The van der Waals surface area contributed by atoms with Gasteiger partial charge in [-0.05, 0) is 0 Å². The standard InChI is InChI=1S/Li.Mg.Na.H4O4Si.O/c;;;1-5(2,3)4;/h;;;1-4H;/q+1;+2;+1;;-2. The summed E-state index contributed by atoms with van der Waals surface area (Å²) in [5.74, 6) is 0. The van der Waals surface area contributed by atoms with Gasteiger partial charge in [0.25, 0.3) is 0 Å². The molecule has 0 aliphatic rings. The van der Waals surface area contributed by atoms with Crippen molar-refractivity contribution in [1.29, 1.82) is 0 Å². The second-order valence-electron chi connectivity index (χ2n) is 0.600. The van der Waals surface area contributed by atoms with Gasteiger partial charge in [0.2, 0.25) is 0 Å². The van der Waals surface area contributed by atoms with Crippen LogP contribution >= 0.6 is 0 Å². The Balaban J connectivity index is -0.0000000133. The third-order valence-corrected chi connectivity index (χ3v) is 0. The van der Waals surface area contributed by atoms with Crippen LogP contribution in [0.15, 0.2) is 0 Å². The number of hydrogen-bond acceptors (Lipinski definition) is 4. The predicted molar refractivity (Wildman–Crippen MR) is 21.1 cm³/mol. The van der Waals surface area contributed by atoms with Gasteiger partial charge in [-0.15, -0.1) is 0 Å². The summed E-state index contributed by atoms with van der Waals surface area (Å²) in [4.78, 5) is 29.3. The summed E-state index contributed by atoms with van der Waals surface area (Å²) >= 11 is 0. The Kier molecular flexibility index (Phi) is 43.5. The van der Waals surface area contributed by atoms with Crippen LogP contribution in [0.5, 0.6) is 0 Å². The molecule has 0 aromatic rings. The molecule has 0 amide bonds. The minimum atomic E-state index is -4.61. The SMILES string of the molecule is O[Si](O)(O)O.[Li+].[Mg+2].[Na+].[O-2]. The largest absolute Gasteiger partial charge is 2.00 e. The second kappa shape index (κ2) is 13.0. The van der Waals surface area contributed by atoms with Crippen LogP contribution in [0.25, 0.3) is 0 Å². The molecule has 9 heteroatoms. The minimum Gasteiger partial charge on any atom is -2.00 e. The quantitative estimate of drug-likeness (QED) is 0.268. The predicted octanol–water partition coefficient (Wildman–Crippen LogP) is -9.10. The molecule has 0 atom stereocenters. The van der Waals surface area contributed by atoms with Gasteiger partial charge in [0.05, 0.1) is 0 Å². The summed E-state index contributed by atoms with van der Waals surface area (Å²) in [6, 6.07) is 0. The first kappa shape index (κ1) is 30.1. The second-order valence-corrected chi connectivity index (χ2v) is 1.80. The van der Waals surface area contributed by atoms with E-state index >= 15 is 0 Å². The molecule has 0 saturated heterocycles. The van der Waals surface area contributed by atoms with E-state index in [1.807, 2.05) is 0 Å². The van der Waals surface area contributed by atoms with Crippen molar-refractivity contribution in [1.82, 2.24) is 0 Å². The zero-order chi connectivity index (χ0) is 4.50. The molecule has 0 radical (unpaired) electrons. The van der Waals surface area contributed by atoms with Crippen molar-refractivity contribution >= 4 is 32.1 Å². The normalized spacial score (nSPS) is 6.67. The third kappa shape index (κ3) is 129. The summed E-state index contributed by atoms with van der Waals surface area (Å²) in [6.07, 6.45) is 0. The van der Waals surface area contributed by atoms with Gasteiger partial charge in [-0.3, -0.25) is 0 Å². The van der Waals surface area contributed by atoms with Crippen molar-refractivity contribution in [2.24, 2.45) is 0 Å². The molecule has 0 fully saturated rings. The molecule has 0 bridgehead atoms. The van der Waals surface area contributed by atoms with Crippen molar-refractivity contribution in [3.63, 3.8) is 0 Å². The van der Waals surface area contributed by atoms with Gasteiger partial charge in [-0.1, -0.05) is 0 Å². The molecule has 0 aliphatic heterocycles. The van der Waals surface area contributed by atoms with Crippen LogP contribution in [0.3, 0.4) is 0 Å². The molecule has 0 aromatic carbocycles. The summed E-state index contributed by atoms with van der Waals surface area (Å²) < 4.78 is 0. The van der Waals surface area contributed by atoms with Crippen LogP contribution in [0.1, 0.15) is 0 Å². The van der Waals surface area contributed by atoms with Crippen LogP contribution in [0.2, 0.25) is 0 Å². The Bertz CT molecular complexity index is 32.4. The summed E-state index contributed by atoms with van der Waals surface area (Å²) in [6.45, 7) is 0. The number of rotatable bonds is 0. The average Bonchev–Trinajstić information content (AvgIpc) is 0.722. The summed E-state index contributed by atoms with van der Waals surface area (Å²) in [7, 11) is -4.61. The van der Waals surface area contributed by atoms with E-state index in [1.165, 1.54) is 0 Å². The van der Waals surface area contributed by atoms with Crippen LogP contribution in [0.4, 0.5) is 0 Å². The molecule has 4 N–H and O–H groups in total. The topological polar surface area (TPSA) is 109 Å². The first-order valence-electron chi connectivity index (χ1n) is 0.894. The van der Waals surface area contributed by atoms with E-state index in [2.05, 4.69) is 0 Å². The fourth-order valence-electron chi connectivity index (χ4n) is 0. The molecular weight excluding hydrogens is 162 g/mol. The van der Waals surface area contributed by atoms with E-state index in [4.69, 9.17) is 19.2 Å². The van der Waals surface area contributed by atoms with Crippen molar-refractivity contribution in [2.75, 3.05) is 0 Å². The molecule has 0 spiro atoms. The first-order valence-corrected chi connectivity index (χ1v) is 2.68. The Morgan fingerprint density at radius 3 is 0.889 bits per heavy atom. The van der Waals surface area contributed by atoms with Gasteiger partial charge in [0.15, 0.2) is 0 Å². The van der Waals surface area contributed by atoms with Crippen LogP contribution in [-0.2, 0) is 5.48 Å². The van der Waals surface area contributed by atoms with Gasteiger partial charge >= 0.3 is 80.5 Å². The minimum absolute atomic E-state index is 0. The smallest absolute Gasteiger partial charge is 2.00 e. The van der Waals surface area contributed by atoms with E-state index in [1.54, 1.807) is 0 Å². The molecule has 0 saturated carbocycles. The van der Waals surface area contributed by atoms with Crippen molar-refractivity contribution < 1.29 is 73.1 Å². The monoisotopic (exact) mass is 166 g/mol. The van der Waals surface area contributed by atoms with E-state index < -0.39 is 9.05 Å². The molecule has 9 heavy (non-hydrogen) atoms. The Hall–Kier alpha value is 2.38. The van der Waals surface area contributed by atoms with Gasteiger partial charge in [0, 0.05) is 0 Å². The maximum atomic E-state index is 7.33. The van der Waals surface area contributed by atoms with E-state index in [0.29, 0.717) is 0 Å². The van der Waals surface area contributed by atoms with Crippen molar-refractivity contribution in [3.8, 4) is 0 Å². The maximum Gasteiger partial charge on any atom is 2.00 e. The maximum absolute atomic E-state index is 7.33. The Morgan fingerprint density at radius 2 is 0.889 bits per heavy atom. The Labute approximate surface area is 104 Å². The van der Waals surface area contributed by atoms with Gasteiger partial charge in [-0.25, -0.2) is 0 Å². The fourth-order valence-corrected chi connectivity index (χ4v) is 0. The molecule has 0 heterocycles. The van der Waals surface area contributed by atoms with Crippen LogP contribution in [0, 0.1) is 0 Å². The first-order chi connectivity index (χ1) is 2.00. The third-order valence-electron chi connectivity index (χ3n) is 0. The van der Waals surface area contributed by atoms with Gasteiger partial charge in [-0.2, -0.15) is 0 Å². The summed E-state index contributed by atoms with van der Waals surface area (Å²) in [5, 5.41) is 0. The van der Waals surface area contributed by atoms with Crippen LogP contribution in [-0.4, -0.2) is 51.3 Å². The molecule has 40 valence electrons. The Morgan fingerprint density at radius 1 is 0.889 bits per heavy atom. The van der Waals surface area contributed by atoms with Crippen LogP contribution < -0.4 is 48.4 Å². The summed E-state index contributed by atoms with van der Waals surface area (Å²) in [5.41, 5.74) is 0. The molecular formula is H4LiMgNaO5Si+2. The van der Waals surface area contributed by atoms with Crippen molar-refractivity contribution in [3.05, 3.63) is 0 Å². The van der Waals surface area contributed by atoms with E-state index in [-0.39, 0.29) is 76.9 Å². The van der Waals surface area contributed by atoms with Gasteiger partial charge in [0.1, 0.15) is 0 Å². The molecule has 5 nitrogen and oxygen atoms in total. The van der Waals surface area contributed by atoms with E-state index in [0.717, 1.165) is 0 Å². The van der Waals surface area contributed by atoms with E-state index in [9.17, 15) is 0 Å². The fraction of sp³-hybridized carbons (Fsp3) is 0. The molecule has 0 aromatic heterocycles. The zero-order valence-electron chi connectivity index (χ0n) is 5.40.